The van der Waals surface area contributed by atoms with Gasteiger partial charge in [-0.05, 0) is 25.3 Å². The molecule has 1 fully saturated rings. The Hall–Kier alpha value is -1.56. The van der Waals surface area contributed by atoms with Crippen molar-refractivity contribution in [1.29, 1.82) is 0 Å². The van der Waals surface area contributed by atoms with Gasteiger partial charge >= 0.3 is 6.03 Å². The molecule has 1 aromatic heterocycles. The van der Waals surface area contributed by atoms with Crippen molar-refractivity contribution in [2.24, 2.45) is 0 Å². The number of likely N-dealkylation sites (tertiary alicyclic amines) is 1. The number of rotatable bonds is 5. The predicted molar refractivity (Wildman–Crippen MR) is 67.1 cm³/mol. The van der Waals surface area contributed by atoms with E-state index in [4.69, 9.17) is 5.11 Å². The van der Waals surface area contributed by atoms with Gasteiger partial charge in [0.2, 0.25) is 0 Å². The van der Waals surface area contributed by atoms with Crippen LogP contribution in [0.15, 0.2) is 18.5 Å². The first-order valence-electron chi connectivity index (χ1n) is 6.44. The maximum Gasteiger partial charge on any atom is 0.317 e. The summed E-state index contributed by atoms with van der Waals surface area (Å²) < 4.78 is 1.85. The second-order valence-corrected chi connectivity index (χ2v) is 4.53. The summed E-state index contributed by atoms with van der Waals surface area (Å²) in [5.41, 5.74) is 0. The molecule has 0 spiro atoms. The smallest absolute Gasteiger partial charge is 0.317 e. The van der Waals surface area contributed by atoms with E-state index in [0.29, 0.717) is 6.54 Å². The Bertz CT molecular complexity index is 366. The van der Waals surface area contributed by atoms with Crippen LogP contribution in [0.4, 0.5) is 4.79 Å². The highest BCUT2D eigenvalue weighted by atomic mass is 16.3. The van der Waals surface area contributed by atoms with E-state index in [1.807, 2.05) is 16.9 Å². The van der Waals surface area contributed by atoms with Crippen molar-refractivity contribution in [3.63, 3.8) is 0 Å². The van der Waals surface area contributed by atoms with Gasteiger partial charge in [-0.1, -0.05) is 0 Å². The van der Waals surface area contributed by atoms with Crippen molar-refractivity contribution in [2.45, 2.75) is 31.8 Å². The minimum Gasteiger partial charge on any atom is -0.394 e. The molecule has 1 aromatic rings. The van der Waals surface area contributed by atoms with Gasteiger partial charge in [-0.15, -0.1) is 0 Å². The number of nitrogens with zero attached hydrogens (tertiary/aromatic N) is 3. The van der Waals surface area contributed by atoms with Crippen molar-refractivity contribution in [2.75, 3.05) is 19.7 Å². The molecule has 100 valence electrons. The molecular formula is C12H20N4O2. The number of aliphatic hydroxyl groups excluding tert-OH is 1. The molecule has 2 rings (SSSR count). The molecule has 2 amide bonds. The summed E-state index contributed by atoms with van der Waals surface area (Å²) in [7, 11) is 0. The molecule has 1 saturated heterocycles. The molecular weight excluding hydrogens is 232 g/mol. The van der Waals surface area contributed by atoms with E-state index in [9.17, 15) is 4.79 Å². The number of urea groups is 1. The fraction of sp³-hybridized carbons (Fsp3) is 0.667. The summed E-state index contributed by atoms with van der Waals surface area (Å²) in [5, 5.41) is 16.1. The zero-order valence-corrected chi connectivity index (χ0v) is 10.5. The quantitative estimate of drug-likeness (QED) is 0.747. The standard InChI is InChI=1S/C12H20N4O2/c17-10-11-4-1-9-16(11)12(18)13-5-2-7-15-8-3-6-14-15/h3,6,8,11,17H,1-2,4-5,7,9-10H2,(H,13,18). The minimum absolute atomic E-state index is 0.00360. The Balaban J connectivity index is 1.65. The fourth-order valence-electron chi connectivity index (χ4n) is 2.26. The van der Waals surface area contributed by atoms with Crippen LogP contribution in [0, 0.1) is 0 Å². The lowest BCUT2D eigenvalue weighted by Gasteiger charge is -2.23. The number of hydrogen-bond donors (Lipinski definition) is 2. The lowest BCUT2D eigenvalue weighted by Crippen LogP contribution is -2.44. The highest BCUT2D eigenvalue weighted by Crippen LogP contribution is 2.16. The molecule has 0 radical (unpaired) electrons. The topological polar surface area (TPSA) is 70.4 Å². The van der Waals surface area contributed by atoms with E-state index in [1.165, 1.54) is 0 Å². The lowest BCUT2D eigenvalue weighted by molar-refractivity contribution is 0.157. The number of carbonyl (C=O) groups is 1. The number of carbonyl (C=O) groups excluding carboxylic acids is 1. The first-order valence-corrected chi connectivity index (χ1v) is 6.44. The van der Waals surface area contributed by atoms with Crippen LogP contribution in [0.2, 0.25) is 0 Å². The number of amides is 2. The third kappa shape index (κ3) is 3.22. The predicted octanol–water partition coefficient (Wildman–Crippen LogP) is 0.439. The zero-order valence-electron chi connectivity index (χ0n) is 10.5. The molecule has 6 heteroatoms. The normalized spacial score (nSPS) is 19.2. The Morgan fingerprint density at radius 3 is 3.17 bits per heavy atom. The number of nitrogens with one attached hydrogen (secondary N) is 1. The van der Waals surface area contributed by atoms with Gasteiger partial charge in [-0.2, -0.15) is 5.10 Å². The minimum atomic E-state index is -0.0629. The summed E-state index contributed by atoms with van der Waals surface area (Å²) in [5.74, 6) is 0. The van der Waals surface area contributed by atoms with Gasteiger partial charge in [-0.3, -0.25) is 4.68 Å². The molecule has 1 atom stereocenters. The molecule has 2 heterocycles. The number of hydrogen-bond acceptors (Lipinski definition) is 3. The van der Waals surface area contributed by atoms with Crippen molar-refractivity contribution < 1.29 is 9.90 Å². The maximum atomic E-state index is 11.9. The summed E-state index contributed by atoms with van der Waals surface area (Å²) in [6, 6.07) is 1.82. The van der Waals surface area contributed by atoms with Crippen molar-refractivity contribution in [3.8, 4) is 0 Å². The molecule has 0 aromatic carbocycles. The van der Waals surface area contributed by atoms with Crippen LogP contribution in [0.5, 0.6) is 0 Å². The van der Waals surface area contributed by atoms with Gasteiger partial charge in [0.1, 0.15) is 0 Å². The molecule has 0 saturated carbocycles. The van der Waals surface area contributed by atoms with Gasteiger partial charge in [0.15, 0.2) is 0 Å². The van der Waals surface area contributed by atoms with Gasteiger partial charge < -0.3 is 15.3 Å². The number of aliphatic hydroxyl groups is 1. The van der Waals surface area contributed by atoms with E-state index >= 15 is 0 Å². The molecule has 18 heavy (non-hydrogen) atoms. The Morgan fingerprint density at radius 1 is 1.56 bits per heavy atom. The first-order chi connectivity index (χ1) is 8.81. The molecule has 0 bridgehead atoms. The molecule has 1 aliphatic rings. The van der Waals surface area contributed by atoms with Crippen LogP contribution < -0.4 is 5.32 Å². The Labute approximate surface area is 107 Å². The third-order valence-electron chi connectivity index (χ3n) is 3.25. The molecule has 2 N–H and O–H groups in total. The highest BCUT2D eigenvalue weighted by molar-refractivity contribution is 5.74. The van der Waals surface area contributed by atoms with E-state index in [2.05, 4.69) is 10.4 Å². The van der Waals surface area contributed by atoms with Gasteiger partial charge in [-0.25, -0.2) is 4.79 Å². The maximum absolute atomic E-state index is 11.9. The highest BCUT2D eigenvalue weighted by Gasteiger charge is 2.27. The van der Waals surface area contributed by atoms with Gasteiger partial charge in [0.25, 0.3) is 0 Å². The molecule has 0 aliphatic carbocycles. The lowest BCUT2D eigenvalue weighted by atomic mass is 10.2. The van der Waals surface area contributed by atoms with Crippen LogP contribution in [-0.2, 0) is 6.54 Å². The Morgan fingerprint density at radius 2 is 2.44 bits per heavy atom. The van der Waals surface area contributed by atoms with E-state index < -0.39 is 0 Å². The van der Waals surface area contributed by atoms with Gasteiger partial charge in [0, 0.05) is 32.0 Å². The van der Waals surface area contributed by atoms with Crippen LogP contribution in [-0.4, -0.2) is 51.6 Å². The number of aromatic nitrogens is 2. The monoisotopic (exact) mass is 252 g/mol. The average Bonchev–Trinajstić information content (AvgIpc) is 3.04. The second-order valence-electron chi connectivity index (χ2n) is 4.53. The van der Waals surface area contributed by atoms with Crippen molar-refractivity contribution in [3.05, 3.63) is 18.5 Å². The van der Waals surface area contributed by atoms with Gasteiger partial charge in [0.05, 0.1) is 12.6 Å². The molecule has 6 nitrogen and oxygen atoms in total. The zero-order chi connectivity index (χ0) is 12.8. The van der Waals surface area contributed by atoms with E-state index in [-0.39, 0.29) is 18.7 Å². The Kier molecular flexibility index (Phi) is 4.58. The van der Waals surface area contributed by atoms with Crippen LogP contribution in [0.25, 0.3) is 0 Å². The van der Waals surface area contributed by atoms with Crippen LogP contribution >= 0.6 is 0 Å². The first kappa shape index (κ1) is 12.9. The summed E-state index contributed by atoms with van der Waals surface area (Å²) >= 11 is 0. The molecule has 1 aliphatic heterocycles. The largest absolute Gasteiger partial charge is 0.394 e. The van der Waals surface area contributed by atoms with Crippen molar-refractivity contribution in [1.82, 2.24) is 20.0 Å². The van der Waals surface area contributed by atoms with Crippen LogP contribution in [0.1, 0.15) is 19.3 Å². The number of aryl methyl sites for hydroxylation is 1. The SMILES string of the molecule is O=C(NCCCn1cccn1)N1CCCC1CO. The average molecular weight is 252 g/mol. The molecule has 1 unspecified atom stereocenters. The van der Waals surface area contributed by atoms with E-state index in [0.717, 1.165) is 32.4 Å². The fourth-order valence-corrected chi connectivity index (χ4v) is 2.26. The summed E-state index contributed by atoms with van der Waals surface area (Å²) in [6.07, 6.45) is 6.38. The summed E-state index contributed by atoms with van der Waals surface area (Å²) in [4.78, 5) is 13.6. The second kappa shape index (κ2) is 6.39. The summed E-state index contributed by atoms with van der Waals surface area (Å²) in [6.45, 7) is 2.24. The van der Waals surface area contributed by atoms with Crippen LogP contribution in [0.3, 0.4) is 0 Å². The van der Waals surface area contributed by atoms with Crippen molar-refractivity contribution >= 4 is 6.03 Å². The third-order valence-corrected chi connectivity index (χ3v) is 3.25. The van der Waals surface area contributed by atoms with E-state index in [1.54, 1.807) is 11.1 Å².